The average molecular weight is 458 g/mol. The summed E-state index contributed by atoms with van der Waals surface area (Å²) in [6.07, 6.45) is -4.48. The van der Waals surface area contributed by atoms with Crippen molar-refractivity contribution in [3.63, 3.8) is 0 Å². The summed E-state index contributed by atoms with van der Waals surface area (Å²) in [4.78, 5) is 30.4. The molecule has 11 heteroatoms. The summed E-state index contributed by atoms with van der Waals surface area (Å²) < 4.78 is 44.1. The van der Waals surface area contributed by atoms with Gasteiger partial charge in [-0.3, -0.25) is 19.8 Å². The highest BCUT2D eigenvalue weighted by Gasteiger charge is 2.30. The Balaban J connectivity index is 1.85. The number of likely N-dealkylation sites (N-methyl/N-ethyl adjacent to an activating group) is 1. The molecule has 1 heterocycles. The lowest BCUT2D eigenvalue weighted by atomic mass is 10.2. The van der Waals surface area contributed by atoms with Gasteiger partial charge < -0.3 is 4.74 Å². The van der Waals surface area contributed by atoms with Crippen LogP contribution in [0.5, 0.6) is 5.75 Å². The van der Waals surface area contributed by atoms with Gasteiger partial charge in [-0.2, -0.15) is 13.2 Å². The molecular formula is C19H15ClF3N3O3S. The topological polar surface area (TPSA) is 71.5 Å². The fourth-order valence-electron chi connectivity index (χ4n) is 2.50. The van der Waals surface area contributed by atoms with Crippen LogP contribution in [0.15, 0.2) is 36.4 Å². The van der Waals surface area contributed by atoms with E-state index in [-0.39, 0.29) is 32.7 Å². The van der Waals surface area contributed by atoms with Crippen LogP contribution in [0, 0.1) is 0 Å². The van der Waals surface area contributed by atoms with E-state index in [0.717, 1.165) is 23.5 Å². The van der Waals surface area contributed by atoms with Gasteiger partial charge in [0, 0.05) is 5.02 Å². The van der Waals surface area contributed by atoms with Crippen LogP contribution < -0.4 is 10.1 Å². The van der Waals surface area contributed by atoms with E-state index in [0.29, 0.717) is 5.52 Å². The Hall–Kier alpha value is -2.69. The SMILES string of the molecule is CN(C)CC(=O)Oc1ccc(Cl)cc1C(=O)Nc1nc2ccc(C(F)(F)F)cc2s1. The Morgan fingerprint density at radius 2 is 1.93 bits per heavy atom. The van der Waals surface area contributed by atoms with E-state index in [9.17, 15) is 22.8 Å². The second kappa shape index (κ2) is 8.58. The summed E-state index contributed by atoms with van der Waals surface area (Å²) in [5.41, 5.74) is -0.502. The van der Waals surface area contributed by atoms with Crippen molar-refractivity contribution in [2.24, 2.45) is 0 Å². The fraction of sp³-hybridized carbons (Fsp3) is 0.211. The van der Waals surface area contributed by atoms with Crippen molar-refractivity contribution in [2.45, 2.75) is 6.18 Å². The molecule has 0 radical (unpaired) electrons. The number of fused-ring (bicyclic) bond motifs is 1. The summed E-state index contributed by atoms with van der Waals surface area (Å²) in [6.45, 7) is 0.00307. The quantitative estimate of drug-likeness (QED) is 0.444. The van der Waals surface area contributed by atoms with Crippen LogP contribution in [0.3, 0.4) is 0 Å². The molecule has 3 aromatic rings. The van der Waals surface area contributed by atoms with Gasteiger partial charge in [-0.15, -0.1) is 0 Å². The van der Waals surface area contributed by atoms with Crippen LogP contribution in [0.4, 0.5) is 18.3 Å². The molecule has 0 atom stereocenters. The zero-order valence-electron chi connectivity index (χ0n) is 15.7. The zero-order chi connectivity index (χ0) is 22.1. The molecule has 0 saturated carbocycles. The molecule has 3 rings (SSSR count). The number of ether oxygens (including phenoxy) is 1. The second-order valence-corrected chi connectivity index (χ2v) is 7.97. The van der Waals surface area contributed by atoms with Gasteiger partial charge in [0.25, 0.3) is 5.91 Å². The van der Waals surface area contributed by atoms with Crippen LogP contribution >= 0.6 is 22.9 Å². The third kappa shape index (κ3) is 5.26. The number of carbonyl (C=O) groups is 2. The number of halogens is 4. The number of benzene rings is 2. The first-order chi connectivity index (χ1) is 14.0. The Morgan fingerprint density at radius 1 is 1.20 bits per heavy atom. The largest absolute Gasteiger partial charge is 0.425 e. The standard InChI is InChI=1S/C19H15ClF3N3O3S/c1-26(2)9-16(27)29-14-6-4-11(20)8-12(14)17(28)25-18-24-13-5-3-10(19(21,22)23)7-15(13)30-18/h3-8H,9H2,1-2H3,(H,24,25,28). The van der Waals surface area contributed by atoms with Gasteiger partial charge in [0.1, 0.15) is 5.75 Å². The average Bonchev–Trinajstić information content (AvgIpc) is 3.03. The predicted octanol–water partition coefficient (Wildman–Crippen LogP) is 4.69. The molecule has 0 aliphatic carbocycles. The highest BCUT2D eigenvalue weighted by molar-refractivity contribution is 7.22. The van der Waals surface area contributed by atoms with E-state index >= 15 is 0 Å². The van der Waals surface area contributed by atoms with E-state index in [4.69, 9.17) is 16.3 Å². The Kier molecular flexibility index (Phi) is 6.30. The number of carbonyl (C=O) groups excluding carboxylic acids is 2. The van der Waals surface area contributed by atoms with Crippen LogP contribution in [0.1, 0.15) is 15.9 Å². The van der Waals surface area contributed by atoms with E-state index in [1.54, 1.807) is 19.0 Å². The van der Waals surface area contributed by atoms with Crippen molar-refractivity contribution >= 4 is 50.2 Å². The van der Waals surface area contributed by atoms with Crippen molar-refractivity contribution < 1.29 is 27.5 Å². The molecule has 0 saturated heterocycles. The Labute approximate surface area is 178 Å². The van der Waals surface area contributed by atoms with Gasteiger partial charge in [0.05, 0.1) is 27.9 Å². The van der Waals surface area contributed by atoms with Gasteiger partial charge in [-0.1, -0.05) is 22.9 Å². The monoisotopic (exact) mass is 457 g/mol. The van der Waals surface area contributed by atoms with Gasteiger partial charge in [0.15, 0.2) is 5.13 Å². The number of nitrogens with one attached hydrogen (secondary N) is 1. The first kappa shape index (κ1) is 22.0. The molecule has 6 nitrogen and oxygen atoms in total. The van der Waals surface area contributed by atoms with Crippen molar-refractivity contribution in [1.29, 1.82) is 0 Å². The predicted molar refractivity (Wildman–Crippen MR) is 108 cm³/mol. The molecule has 0 spiro atoms. The molecule has 0 aliphatic heterocycles. The number of rotatable bonds is 5. The molecular weight excluding hydrogens is 443 g/mol. The van der Waals surface area contributed by atoms with Crippen molar-refractivity contribution in [1.82, 2.24) is 9.88 Å². The van der Waals surface area contributed by atoms with Crippen molar-refractivity contribution in [3.05, 3.63) is 52.5 Å². The van der Waals surface area contributed by atoms with E-state index in [2.05, 4.69) is 10.3 Å². The zero-order valence-corrected chi connectivity index (χ0v) is 17.3. The second-order valence-electron chi connectivity index (χ2n) is 6.51. The number of amides is 1. The Morgan fingerprint density at radius 3 is 2.60 bits per heavy atom. The molecule has 30 heavy (non-hydrogen) atoms. The van der Waals surface area contributed by atoms with Gasteiger partial charge >= 0.3 is 12.1 Å². The van der Waals surface area contributed by atoms with Crippen LogP contribution in [-0.2, 0) is 11.0 Å². The van der Waals surface area contributed by atoms with Gasteiger partial charge in [-0.05, 0) is 50.5 Å². The lowest BCUT2D eigenvalue weighted by molar-refractivity contribution is -0.137. The van der Waals surface area contributed by atoms with Crippen LogP contribution in [0.2, 0.25) is 5.02 Å². The highest BCUT2D eigenvalue weighted by Crippen LogP contribution is 2.34. The summed E-state index contributed by atoms with van der Waals surface area (Å²) in [5, 5.41) is 2.85. The van der Waals surface area contributed by atoms with Gasteiger partial charge in [-0.25, -0.2) is 4.98 Å². The third-order valence-corrected chi connectivity index (χ3v) is 4.96. The lowest BCUT2D eigenvalue weighted by Gasteiger charge is -2.12. The molecule has 1 amide bonds. The summed E-state index contributed by atoms with van der Waals surface area (Å²) in [7, 11) is 3.38. The highest BCUT2D eigenvalue weighted by atomic mass is 35.5. The third-order valence-electron chi connectivity index (χ3n) is 3.79. The molecule has 0 aliphatic rings. The molecule has 0 unspecified atom stereocenters. The van der Waals surface area contributed by atoms with Crippen LogP contribution in [-0.4, -0.2) is 42.4 Å². The molecule has 2 aromatic carbocycles. The minimum Gasteiger partial charge on any atom is -0.425 e. The molecule has 1 N–H and O–H groups in total. The maximum atomic E-state index is 12.9. The first-order valence-corrected chi connectivity index (χ1v) is 9.66. The van der Waals surface area contributed by atoms with Crippen molar-refractivity contribution in [3.8, 4) is 5.75 Å². The minimum atomic E-state index is -4.48. The summed E-state index contributed by atoms with van der Waals surface area (Å²) in [5.74, 6) is -1.24. The number of aromatic nitrogens is 1. The Bertz CT molecular complexity index is 1120. The summed E-state index contributed by atoms with van der Waals surface area (Å²) in [6, 6.07) is 7.30. The normalized spacial score (nSPS) is 11.7. The van der Waals surface area contributed by atoms with E-state index in [1.165, 1.54) is 24.3 Å². The number of hydrogen-bond acceptors (Lipinski definition) is 6. The summed E-state index contributed by atoms with van der Waals surface area (Å²) >= 11 is 6.85. The smallest absolute Gasteiger partial charge is 0.416 e. The maximum absolute atomic E-state index is 12.9. The van der Waals surface area contributed by atoms with E-state index < -0.39 is 23.6 Å². The first-order valence-electron chi connectivity index (χ1n) is 8.47. The number of thiazole rings is 1. The molecule has 0 bridgehead atoms. The number of nitrogens with zero attached hydrogens (tertiary/aromatic N) is 2. The molecule has 158 valence electrons. The number of esters is 1. The number of alkyl halides is 3. The number of hydrogen-bond donors (Lipinski definition) is 1. The van der Waals surface area contributed by atoms with Gasteiger partial charge in [0.2, 0.25) is 0 Å². The number of anilines is 1. The lowest BCUT2D eigenvalue weighted by Crippen LogP contribution is -2.26. The minimum absolute atomic E-state index is 0.00307. The van der Waals surface area contributed by atoms with Crippen LogP contribution in [0.25, 0.3) is 10.2 Å². The molecule has 1 aromatic heterocycles. The fourth-order valence-corrected chi connectivity index (χ4v) is 3.57. The molecule has 0 fully saturated rings. The maximum Gasteiger partial charge on any atom is 0.416 e. The van der Waals surface area contributed by atoms with Crippen molar-refractivity contribution in [2.75, 3.05) is 26.0 Å². The van der Waals surface area contributed by atoms with E-state index in [1.807, 2.05) is 0 Å².